The van der Waals surface area contributed by atoms with Gasteiger partial charge in [-0.3, -0.25) is 24.6 Å². The van der Waals surface area contributed by atoms with Gasteiger partial charge in [0.2, 0.25) is 0 Å². The molecule has 270 valence electrons. The molecule has 9 rings (SSSR count). The van der Waals surface area contributed by atoms with Crippen LogP contribution in [0.4, 0.5) is 11.4 Å². The molecule has 11 nitrogen and oxygen atoms in total. The molecule has 5 heterocycles. The second-order valence-corrected chi connectivity index (χ2v) is 13.8. The van der Waals surface area contributed by atoms with Crippen LogP contribution in [0.5, 0.6) is 23.0 Å². The van der Waals surface area contributed by atoms with Crippen molar-refractivity contribution in [2.45, 2.75) is 51.2 Å². The molecule has 0 bridgehead atoms. The number of benzene rings is 4. The van der Waals surface area contributed by atoms with E-state index in [-0.39, 0.29) is 37.1 Å². The Morgan fingerprint density at radius 1 is 0.593 bits per heavy atom. The second kappa shape index (κ2) is 13.8. The zero-order chi connectivity index (χ0) is 36.8. The van der Waals surface area contributed by atoms with E-state index in [1.54, 1.807) is 50.9 Å². The van der Waals surface area contributed by atoms with Crippen molar-refractivity contribution in [3.8, 4) is 23.0 Å². The van der Waals surface area contributed by atoms with Gasteiger partial charge in [0.05, 0.1) is 48.8 Å². The van der Waals surface area contributed by atoms with E-state index in [1.165, 1.54) is 11.1 Å². The maximum Gasteiger partial charge on any atom is 0.257 e. The third-order valence-corrected chi connectivity index (χ3v) is 10.5. The van der Waals surface area contributed by atoms with E-state index in [4.69, 9.17) is 28.9 Å². The van der Waals surface area contributed by atoms with Gasteiger partial charge in [-0.25, -0.2) is 0 Å². The van der Waals surface area contributed by atoms with Crippen LogP contribution in [0.1, 0.15) is 54.1 Å². The van der Waals surface area contributed by atoms with Crippen LogP contribution >= 0.6 is 0 Å². The molecule has 0 fully saturated rings. The number of hydrogen-bond acceptors (Lipinski definition) is 9. The Morgan fingerprint density at radius 3 is 1.48 bits per heavy atom. The first-order valence-electron chi connectivity index (χ1n) is 17.9. The highest BCUT2D eigenvalue weighted by molar-refractivity contribution is 6.04. The van der Waals surface area contributed by atoms with E-state index in [2.05, 4.69) is 29.2 Å². The molecule has 2 atom stereocenters. The van der Waals surface area contributed by atoms with Gasteiger partial charge >= 0.3 is 0 Å². The molecule has 0 N–H and O–H groups in total. The average Bonchev–Trinajstić information content (AvgIpc) is 3.42. The normalized spacial score (nSPS) is 17.9. The Bertz CT molecular complexity index is 2210. The van der Waals surface area contributed by atoms with Gasteiger partial charge < -0.3 is 28.7 Å². The quantitative estimate of drug-likeness (QED) is 0.173. The van der Waals surface area contributed by atoms with Crippen LogP contribution < -0.4 is 18.9 Å². The zero-order valence-electron chi connectivity index (χ0n) is 29.9. The van der Waals surface area contributed by atoms with Gasteiger partial charge in [0.15, 0.2) is 23.0 Å². The number of fused-ring (bicyclic) bond motifs is 6. The highest BCUT2D eigenvalue weighted by Crippen LogP contribution is 2.40. The van der Waals surface area contributed by atoms with Crippen molar-refractivity contribution in [3.05, 3.63) is 136 Å². The van der Waals surface area contributed by atoms with E-state index in [1.807, 2.05) is 52.6 Å². The van der Waals surface area contributed by atoms with E-state index in [0.717, 1.165) is 22.3 Å². The van der Waals surface area contributed by atoms with Crippen LogP contribution in [0.15, 0.2) is 101 Å². The number of aliphatic imine (C=N–C) groups is 2. The molecule has 2 amide bonds. The first-order chi connectivity index (χ1) is 26.4. The fraction of sp³-hybridized carbons (Fsp3) is 0.233. The molecule has 4 aliphatic heterocycles. The number of amides is 2. The zero-order valence-corrected chi connectivity index (χ0v) is 29.9. The Morgan fingerprint density at radius 2 is 1.04 bits per heavy atom. The lowest BCUT2D eigenvalue weighted by molar-refractivity contribution is 0.0696. The molecule has 11 heteroatoms. The molecule has 1 aromatic heterocycles. The molecular formula is C43H37N5O6. The lowest BCUT2D eigenvalue weighted by Crippen LogP contribution is -2.44. The monoisotopic (exact) mass is 719 g/mol. The van der Waals surface area contributed by atoms with Crippen LogP contribution in [0, 0.1) is 0 Å². The summed E-state index contributed by atoms with van der Waals surface area (Å²) in [5.74, 6) is 1.65. The number of hydrogen-bond donors (Lipinski definition) is 0. The van der Waals surface area contributed by atoms with Crippen molar-refractivity contribution in [2.24, 2.45) is 9.98 Å². The lowest BCUT2D eigenvalue weighted by Gasteiger charge is -2.34. The molecule has 0 saturated carbocycles. The van der Waals surface area contributed by atoms with E-state index in [0.29, 0.717) is 71.4 Å². The number of carbonyl (C=O) groups is 2. The Labute approximate surface area is 312 Å². The van der Waals surface area contributed by atoms with Crippen molar-refractivity contribution in [3.63, 3.8) is 0 Å². The average molecular weight is 720 g/mol. The summed E-state index contributed by atoms with van der Waals surface area (Å²) in [4.78, 5) is 45.2. The van der Waals surface area contributed by atoms with Crippen LogP contribution in [0.2, 0.25) is 0 Å². The van der Waals surface area contributed by atoms with E-state index < -0.39 is 0 Å². The number of ether oxygens (including phenoxy) is 4. The molecule has 2 unspecified atom stereocenters. The SMILES string of the molecule is COc1cc2c(cc1OCc1cncc(COc3cc4c(cc3OC)C(=O)N3Cc5ccccc5CC3C=N4)c1)N=CC1Cc3ccccc3CN1C2=O. The van der Waals surface area contributed by atoms with Crippen LogP contribution in [-0.2, 0) is 39.1 Å². The molecule has 4 aliphatic rings. The number of aromatic nitrogens is 1. The minimum atomic E-state index is -0.132. The van der Waals surface area contributed by atoms with Crippen molar-refractivity contribution in [1.29, 1.82) is 0 Å². The summed E-state index contributed by atoms with van der Waals surface area (Å²) in [5, 5.41) is 0. The summed E-state index contributed by atoms with van der Waals surface area (Å²) in [5.41, 5.74) is 8.41. The molecule has 5 aromatic rings. The molecule has 0 saturated heterocycles. The second-order valence-electron chi connectivity index (χ2n) is 13.8. The minimum Gasteiger partial charge on any atom is -0.493 e. The first-order valence-corrected chi connectivity index (χ1v) is 17.9. The maximum absolute atomic E-state index is 13.8. The van der Waals surface area contributed by atoms with Crippen LogP contribution in [0.25, 0.3) is 0 Å². The molecule has 54 heavy (non-hydrogen) atoms. The molecule has 0 spiro atoms. The van der Waals surface area contributed by atoms with Gasteiger partial charge in [0.25, 0.3) is 11.8 Å². The number of pyridine rings is 1. The van der Waals surface area contributed by atoms with Gasteiger partial charge in [-0.15, -0.1) is 0 Å². The van der Waals surface area contributed by atoms with Crippen LogP contribution in [-0.4, -0.2) is 65.3 Å². The van der Waals surface area contributed by atoms with Crippen LogP contribution in [0.3, 0.4) is 0 Å². The van der Waals surface area contributed by atoms with Gasteiger partial charge in [0, 0.05) is 61.2 Å². The fourth-order valence-corrected chi connectivity index (χ4v) is 7.67. The van der Waals surface area contributed by atoms with Gasteiger partial charge in [-0.2, -0.15) is 0 Å². The number of carbonyl (C=O) groups excluding carboxylic acids is 2. The highest BCUT2D eigenvalue weighted by atomic mass is 16.5. The summed E-state index contributed by atoms with van der Waals surface area (Å²) in [6, 6.07) is 25.1. The largest absolute Gasteiger partial charge is 0.493 e. The maximum atomic E-state index is 13.8. The Hall–Kier alpha value is -6.49. The van der Waals surface area contributed by atoms with Gasteiger partial charge in [-0.05, 0) is 53.3 Å². The fourth-order valence-electron chi connectivity index (χ4n) is 7.67. The third kappa shape index (κ3) is 6.11. The van der Waals surface area contributed by atoms with Gasteiger partial charge in [0.1, 0.15) is 13.2 Å². The Balaban J connectivity index is 0.897. The standard InChI is InChI=1S/C43H37N5O6/c1-51-38-14-34-36(45-20-32-12-28-7-3-5-9-30(28)22-47(32)42(34)49)16-40(38)53-24-26-11-27(19-44-18-26)25-54-41-17-37-35(15-39(41)52-2)43(50)48-23-31-10-6-4-8-29(31)13-33(48)21-46-37/h3-11,14-21,32-33H,12-13,22-25H2,1-2H3. The summed E-state index contributed by atoms with van der Waals surface area (Å²) in [6.45, 7) is 1.44. The summed E-state index contributed by atoms with van der Waals surface area (Å²) in [7, 11) is 3.11. The summed E-state index contributed by atoms with van der Waals surface area (Å²) < 4.78 is 23.9. The molecule has 0 aliphatic carbocycles. The summed E-state index contributed by atoms with van der Waals surface area (Å²) in [6.07, 6.45) is 8.61. The number of rotatable bonds is 8. The van der Waals surface area contributed by atoms with Gasteiger partial charge in [-0.1, -0.05) is 48.5 Å². The number of methoxy groups -OCH3 is 2. The topological polar surface area (TPSA) is 115 Å². The number of nitrogens with zero attached hydrogens (tertiary/aromatic N) is 5. The highest BCUT2D eigenvalue weighted by Gasteiger charge is 2.35. The van der Waals surface area contributed by atoms with Crippen molar-refractivity contribution in [2.75, 3.05) is 14.2 Å². The summed E-state index contributed by atoms with van der Waals surface area (Å²) >= 11 is 0. The lowest BCUT2D eigenvalue weighted by atomic mass is 9.94. The predicted molar refractivity (Wildman–Crippen MR) is 203 cm³/mol. The molecule has 4 aromatic carbocycles. The first kappa shape index (κ1) is 33.4. The minimum absolute atomic E-state index is 0.0879. The van der Waals surface area contributed by atoms with E-state index in [9.17, 15) is 9.59 Å². The Kier molecular flexibility index (Phi) is 8.53. The predicted octanol–water partition coefficient (Wildman–Crippen LogP) is 6.82. The molecule has 0 radical (unpaired) electrons. The van der Waals surface area contributed by atoms with Crippen molar-refractivity contribution < 1.29 is 28.5 Å². The smallest absolute Gasteiger partial charge is 0.257 e. The van der Waals surface area contributed by atoms with E-state index >= 15 is 0 Å². The van der Waals surface area contributed by atoms with Crippen molar-refractivity contribution in [1.82, 2.24) is 14.8 Å². The third-order valence-electron chi connectivity index (χ3n) is 10.5. The van der Waals surface area contributed by atoms with Crippen molar-refractivity contribution >= 4 is 35.6 Å². The molecular weight excluding hydrogens is 683 g/mol.